The first kappa shape index (κ1) is 32.8. The molecule has 14 rings (SSSR count). The van der Waals surface area contributed by atoms with Crippen molar-refractivity contribution >= 4 is 138 Å². The van der Waals surface area contributed by atoms with Crippen molar-refractivity contribution in [3.63, 3.8) is 0 Å². The molecule has 0 atom stereocenters. The minimum atomic E-state index is 1.24. The molecular formula is C58H32S2. The first-order valence-corrected chi connectivity index (χ1v) is 22.3. The maximum atomic E-state index is 2.45. The summed E-state index contributed by atoms with van der Waals surface area (Å²) in [6.45, 7) is 0. The first-order valence-electron chi connectivity index (χ1n) is 20.6. The number of thiophene rings is 2. The summed E-state index contributed by atoms with van der Waals surface area (Å²) in [5.41, 5.74) is 4.98. The van der Waals surface area contributed by atoms with E-state index in [2.05, 4.69) is 194 Å². The molecule has 2 heterocycles. The van der Waals surface area contributed by atoms with Gasteiger partial charge in [0.05, 0.1) is 0 Å². The van der Waals surface area contributed by atoms with E-state index in [0.29, 0.717) is 0 Å². The Labute approximate surface area is 352 Å². The number of benzene rings is 12. The van der Waals surface area contributed by atoms with Crippen molar-refractivity contribution < 1.29 is 0 Å². The van der Waals surface area contributed by atoms with E-state index in [4.69, 9.17) is 0 Å². The van der Waals surface area contributed by atoms with Crippen molar-refractivity contribution in [3.8, 4) is 22.3 Å². The average molecular weight is 793 g/mol. The van der Waals surface area contributed by atoms with Gasteiger partial charge < -0.3 is 0 Å². The minimum absolute atomic E-state index is 1.24. The van der Waals surface area contributed by atoms with Crippen LogP contribution in [0.25, 0.3) is 138 Å². The molecule has 12 aromatic carbocycles. The highest BCUT2D eigenvalue weighted by molar-refractivity contribution is 7.27. The molecule has 0 N–H and O–H groups in total. The lowest BCUT2D eigenvalue weighted by atomic mass is 9.90. The molecular weight excluding hydrogens is 761 g/mol. The predicted molar refractivity (Wildman–Crippen MR) is 266 cm³/mol. The molecule has 14 aromatic rings. The van der Waals surface area contributed by atoms with Crippen LogP contribution in [-0.4, -0.2) is 0 Å². The van der Waals surface area contributed by atoms with Gasteiger partial charge >= 0.3 is 0 Å². The lowest BCUT2D eigenvalue weighted by Gasteiger charge is -2.13. The summed E-state index contributed by atoms with van der Waals surface area (Å²) in [5, 5.41) is 23.7. The van der Waals surface area contributed by atoms with Gasteiger partial charge in [-0.1, -0.05) is 152 Å². The molecule has 0 amide bonds. The normalized spacial score (nSPS) is 12.3. The fraction of sp³-hybridized carbons (Fsp3) is 0. The molecule has 0 aliphatic carbocycles. The quantitative estimate of drug-likeness (QED) is 0.153. The van der Waals surface area contributed by atoms with E-state index >= 15 is 0 Å². The highest BCUT2D eigenvalue weighted by atomic mass is 32.1. The molecule has 0 bridgehead atoms. The molecule has 0 radical (unpaired) electrons. The molecule has 0 fully saturated rings. The third-order valence-electron chi connectivity index (χ3n) is 13.2. The SMILES string of the molecule is c1ccc2c(c1)ccc1c2sc2ccc3c4ccccc4c4cc(-c5ccc6sc7ccc(-c8ccc9c%10ccccc%10c%10ccccc%10c9c8)cc7c6c5)ccc4c3c21. The zero-order valence-corrected chi connectivity index (χ0v) is 33.9. The summed E-state index contributed by atoms with van der Waals surface area (Å²) in [6, 6.07) is 73.2. The van der Waals surface area contributed by atoms with Crippen LogP contribution in [0.1, 0.15) is 0 Å². The number of fused-ring (bicyclic) bond motifs is 21. The molecule has 0 aliphatic rings. The summed E-state index contributed by atoms with van der Waals surface area (Å²) >= 11 is 3.81. The van der Waals surface area contributed by atoms with Gasteiger partial charge in [-0.2, -0.15) is 0 Å². The predicted octanol–water partition coefficient (Wildman–Crippen LogP) is 17.8. The Morgan fingerprint density at radius 2 is 0.600 bits per heavy atom. The Morgan fingerprint density at radius 3 is 1.20 bits per heavy atom. The van der Waals surface area contributed by atoms with Crippen molar-refractivity contribution in [3.05, 3.63) is 194 Å². The van der Waals surface area contributed by atoms with E-state index < -0.39 is 0 Å². The van der Waals surface area contributed by atoms with Crippen molar-refractivity contribution in [2.45, 2.75) is 0 Å². The third-order valence-corrected chi connectivity index (χ3v) is 15.6. The smallest absolute Gasteiger partial charge is 0.0434 e. The van der Waals surface area contributed by atoms with E-state index in [0.717, 1.165) is 0 Å². The van der Waals surface area contributed by atoms with Gasteiger partial charge in [-0.15, -0.1) is 22.7 Å². The molecule has 2 aromatic heterocycles. The molecule has 2 heteroatoms. The molecule has 0 nitrogen and oxygen atoms in total. The summed E-state index contributed by atoms with van der Waals surface area (Å²) in [7, 11) is 0. The number of hydrogen-bond acceptors (Lipinski definition) is 2. The largest absolute Gasteiger partial charge is 0.135 e. The molecule has 60 heavy (non-hydrogen) atoms. The third kappa shape index (κ3) is 4.55. The van der Waals surface area contributed by atoms with Crippen LogP contribution in [0.4, 0.5) is 0 Å². The van der Waals surface area contributed by atoms with Gasteiger partial charge in [-0.25, -0.2) is 0 Å². The molecule has 0 spiro atoms. The fourth-order valence-corrected chi connectivity index (χ4v) is 12.8. The second-order valence-corrected chi connectivity index (χ2v) is 18.4. The van der Waals surface area contributed by atoms with Gasteiger partial charge in [-0.05, 0) is 140 Å². The maximum absolute atomic E-state index is 2.45. The monoisotopic (exact) mass is 792 g/mol. The van der Waals surface area contributed by atoms with Gasteiger partial charge in [0.15, 0.2) is 0 Å². The van der Waals surface area contributed by atoms with E-state index in [-0.39, 0.29) is 0 Å². The van der Waals surface area contributed by atoms with Crippen molar-refractivity contribution in [2.24, 2.45) is 0 Å². The van der Waals surface area contributed by atoms with Crippen LogP contribution in [-0.2, 0) is 0 Å². The molecule has 0 unspecified atom stereocenters. The molecule has 0 saturated carbocycles. The van der Waals surface area contributed by atoms with Gasteiger partial charge in [0.25, 0.3) is 0 Å². The van der Waals surface area contributed by atoms with Crippen LogP contribution in [0, 0.1) is 0 Å². The second kappa shape index (κ2) is 12.2. The molecule has 0 saturated heterocycles. The van der Waals surface area contributed by atoms with E-state index in [9.17, 15) is 0 Å². The summed E-state index contributed by atoms with van der Waals surface area (Å²) in [4.78, 5) is 0. The van der Waals surface area contributed by atoms with E-state index in [1.54, 1.807) is 0 Å². The first-order chi connectivity index (χ1) is 29.7. The molecule has 0 aliphatic heterocycles. The van der Waals surface area contributed by atoms with Crippen molar-refractivity contribution in [2.75, 3.05) is 0 Å². The van der Waals surface area contributed by atoms with Crippen LogP contribution < -0.4 is 0 Å². The highest BCUT2D eigenvalue weighted by Crippen LogP contribution is 2.47. The van der Waals surface area contributed by atoms with Gasteiger partial charge in [0.1, 0.15) is 0 Å². The summed E-state index contributed by atoms with van der Waals surface area (Å²) < 4.78 is 5.35. The zero-order valence-electron chi connectivity index (χ0n) is 32.3. The average Bonchev–Trinajstić information content (AvgIpc) is 3.89. The zero-order chi connectivity index (χ0) is 39.1. The highest BCUT2D eigenvalue weighted by Gasteiger charge is 2.18. The maximum Gasteiger partial charge on any atom is 0.0434 e. The second-order valence-electron chi connectivity index (χ2n) is 16.3. The van der Waals surface area contributed by atoms with Gasteiger partial charge in [0.2, 0.25) is 0 Å². The molecule has 276 valence electrons. The Kier molecular flexibility index (Phi) is 6.68. The Hall–Kier alpha value is -7.10. The van der Waals surface area contributed by atoms with Crippen LogP contribution in [0.2, 0.25) is 0 Å². The lowest BCUT2D eigenvalue weighted by molar-refractivity contribution is 1.70. The van der Waals surface area contributed by atoms with Crippen molar-refractivity contribution in [1.82, 2.24) is 0 Å². The standard InChI is InChI=1S/C58H32S2/c1-2-10-38-33(9-1)17-24-48-57-55(60-58(38)48)28-25-46-42-14-6-8-16-44(42)50-30-35(19-23-47(50)56(46)57)37-21-27-54-52(32-37)51-31-36(20-26-53(51)59-54)34-18-22-45-41-13-4-3-11-39(41)40-12-5-7-15-43(40)49(45)29-34/h1-32H. The Balaban J connectivity index is 0.954. The van der Waals surface area contributed by atoms with Crippen LogP contribution in [0.3, 0.4) is 0 Å². The number of rotatable bonds is 2. The van der Waals surface area contributed by atoms with Crippen LogP contribution >= 0.6 is 22.7 Å². The fourth-order valence-electron chi connectivity index (χ4n) is 10.4. The number of hydrogen-bond donors (Lipinski definition) is 0. The summed E-state index contributed by atoms with van der Waals surface area (Å²) in [5.74, 6) is 0. The summed E-state index contributed by atoms with van der Waals surface area (Å²) in [6.07, 6.45) is 0. The van der Waals surface area contributed by atoms with Crippen molar-refractivity contribution in [1.29, 1.82) is 0 Å². The van der Waals surface area contributed by atoms with E-state index in [1.165, 1.54) is 138 Å². The van der Waals surface area contributed by atoms with Gasteiger partial charge in [0, 0.05) is 40.3 Å². The topological polar surface area (TPSA) is 0 Å². The van der Waals surface area contributed by atoms with E-state index in [1.807, 2.05) is 22.7 Å². The van der Waals surface area contributed by atoms with Crippen LogP contribution in [0.15, 0.2) is 194 Å². The Bertz CT molecular complexity index is 4150. The Morgan fingerprint density at radius 1 is 0.217 bits per heavy atom. The minimum Gasteiger partial charge on any atom is -0.135 e. The lowest BCUT2D eigenvalue weighted by Crippen LogP contribution is -1.86. The van der Waals surface area contributed by atoms with Crippen LogP contribution in [0.5, 0.6) is 0 Å². The van der Waals surface area contributed by atoms with Gasteiger partial charge in [-0.3, -0.25) is 0 Å².